The normalized spacial score (nSPS) is 32.1. The molecule has 3 heteroatoms. The van der Waals surface area contributed by atoms with Crippen LogP contribution < -0.4 is 14.8 Å². The number of hydrogen-bond acceptors (Lipinski definition) is 3. The van der Waals surface area contributed by atoms with Gasteiger partial charge in [0.2, 0.25) is 0 Å². The second-order valence-corrected chi connectivity index (χ2v) is 6.63. The highest BCUT2D eigenvalue weighted by Crippen LogP contribution is 2.37. The molecule has 3 nitrogen and oxygen atoms in total. The Morgan fingerprint density at radius 3 is 2.86 bits per heavy atom. The molecule has 0 amide bonds. The third-order valence-electron chi connectivity index (χ3n) is 5.38. The molecule has 0 bridgehead atoms. The molecule has 1 fully saturated rings. The van der Waals surface area contributed by atoms with Crippen molar-refractivity contribution in [2.45, 2.75) is 51.6 Å². The van der Waals surface area contributed by atoms with Crippen molar-refractivity contribution in [3.63, 3.8) is 0 Å². The Kier molecular flexibility index (Phi) is 4.39. The molecule has 0 radical (unpaired) electrons. The van der Waals surface area contributed by atoms with Gasteiger partial charge in [-0.15, -0.1) is 0 Å². The van der Waals surface area contributed by atoms with Gasteiger partial charge in [0.05, 0.1) is 13.7 Å². The summed E-state index contributed by atoms with van der Waals surface area (Å²) in [6.45, 7) is 5.58. The molecule has 1 heterocycles. The average molecular weight is 289 g/mol. The van der Waals surface area contributed by atoms with Gasteiger partial charge in [0.1, 0.15) is 11.5 Å². The van der Waals surface area contributed by atoms with Gasteiger partial charge in [-0.1, -0.05) is 26.7 Å². The van der Waals surface area contributed by atoms with Crippen molar-refractivity contribution >= 4 is 0 Å². The molecule has 1 aliphatic heterocycles. The molecule has 1 aliphatic carbocycles. The number of hydrogen-bond donors (Lipinski definition) is 1. The van der Waals surface area contributed by atoms with E-state index < -0.39 is 0 Å². The van der Waals surface area contributed by atoms with Crippen molar-refractivity contribution in [1.29, 1.82) is 0 Å². The average Bonchev–Trinajstić information content (AvgIpc) is 2.51. The smallest absolute Gasteiger partial charge is 0.124 e. The van der Waals surface area contributed by atoms with Crippen LogP contribution >= 0.6 is 0 Å². The van der Waals surface area contributed by atoms with E-state index >= 15 is 0 Å². The van der Waals surface area contributed by atoms with E-state index in [9.17, 15) is 0 Å². The molecular weight excluding hydrogens is 262 g/mol. The molecule has 0 saturated heterocycles. The molecule has 4 atom stereocenters. The predicted molar refractivity (Wildman–Crippen MR) is 84.9 cm³/mol. The topological polar surface area (TPSA) is 30.5 Å². The van der Waals surface area contributed by atoms with Gasteiger partial charge in [-0.25, -0.2) is 0 Å². The Labute approximate surface area is 128 Å². The third-order valence-corrected chi connectivity index (χ3v) is 5.38. The summed E-state index contributed by atoms with van der Waals surface area (Å²) in [6, 6.07) is 7.15. The summed E-state index contributed by atoms with van der Waals surface area (Å²) < 4.78 is 11.2. The van der Waals surface area contributed by atoms with Crippen molar-refractivity contribution in [3.8, 4) is 11.5 Å². The highest BCUT2D eigenvalue weighted by molar-refractivity contribution is 5.43. The number of ether oxygens (including phenoxy) is 2. The number of rotatable bonds is 3. The van der Waals surface area contributed by atoms with Crippen LogP contribution in [0, 0.1) is 11.8 Å². The maximum Gasteiger partial charge on any atom is 0.124 e. The van der Waals surface area contributed by atoms with Crippen molar-refractivity contribution in [1.82, 2.24) is 5.32 Å². The fourth-order valence-electron chi connectivity index (χ4n) is 3.75. The van der Waals surface area contributed by atoms with E-state index in [1.807, 2.05) is 12.1 Å². The molecule has 21 heavy (non-hydrogen) atoms. The molecule has 2 aliphatic rings. The summed E-state index contributed by atoms with van der Waals surface area (Å²) in [4.78, 5) is 0. The Morgan fingerprint density at radius 2 is 2.05 bits per heavy atom. The zero-order chi connectivity index (χ0) is 14.8. The molecule has 1 aromatic carbocycles. The van der Waals surface area contributed by atoms with Gasteiger partial charge >= 0.3 is 0 Å². The van der Waals surface area contributed by atoms with Crippen LogP contribution in [0.15, 0.2) is 18.2 Å². The first-order valence-electron chi connectivity index (χ1n) is 8.26. The van der Waals surface area contributed by atoms with Crippen LogP contribution in [0.3, 0.4) is 0 Å². The summed E-state index contributed by atoms with van der Waals surface area (Å²) >= 11 is 0. The lowest BCUT2D eigenvalue weighted by atomic mass is 9.77. The zero-order valence-corrected chi connectivity index (χ0v) is 13.4. The van der Waals surface area contributed by atoms with E-state index in [0.29, 0.717) is 12.1 Å². The molecule has 1 N–H and O–H groups in total. The quantitative estimate of drug-likeness (QED) is 0.914. The molecule has 4 unspecified atom stereocenters. The van der Waals surface area contributed by atoms with E-state index in [2.05, 4.69) is 25.2 Å². The van der Waals surface area contributed by atoms with Crippen molar-refractivity contribution in [2.24, 2.45) is 11.8 Å². The summed E-state index contributed by atoms with van der Waals surface area (Å²) in [5.41, 5.74) is 1.26. The van der Waals surface area contributed by atoms with Gasteiger partial charge in [0.15, 0.2) is 0 Å². The van der Waals surface area contributed by atoms with Crippen LogP contribution in [0.5, 0.6) is 11.5 Å². The first kappa shape index (κ1) is 14.7. The fourth-order valence-corrected chi connectivity index (χ4v) is 3.75. The Balaban J connectivity index is 1.78. The number of methoxy groups -OCH3 is 1. The molecule has 1 saturated carbocycles. The first-order chi connectivity index (χ1) is 10.2. The van der Waals surface area contributed by atoms with E-state index in [0.717, 1.165) is 36.4 Å². The maximum atomic E-state index is 5.79. The summed E-state index contributed by atoms with van der Waals surface area (Å²) in [7, 11) is 1.72. The Morgan fingerprint density at radius 1 is 1.19 bits per heavy atom. The molecule has 0 spiro atoms. The lowest BCUT2D eigenvalue weighted by Crippen LogP contribution is -2.43. The van der Waals surface area contributed by atoms with E-state index in [-0.39, 0.29) is 0 Å². The zero-order valence-electron chi connectivity index (χ0n) is 13.4. The molecule has 0 aromatic heterocycles. The van der Waals surface area contributed by atoms with Gasteiger partial charge in [0.25, 0.3) is 0 Å². The van der Waals surface area contributed by atoms with E-state index in [4.69, 9.17) is 9.47 Å². The largest absolute Gasteiger partial charge is 0.497 e. The van der Waals surface area contributed by atoms with Crippen LogP contribution in [-0.2, 0) is 0 Å². The standard InChI is InChI=1S/C18H27NO2/c1-12-5-4-6-16(13(12)2)19-17-9-10-21-18-8-7-14(20-3)11-15(17)18/h7-8,11-13,16-17,19H,4-6,9-10H2,1-3H3. The minimum Gasteiger partial charge on any atom is -0.497 e. The number of fused-ring (bicyclic) bond motifs is 1. The highest BCUT2D eigenvalue weighted by atomic mass is 16.5. The minimum absolute atomic E-state index is 0.390. The van der Waals surface area contributed by atoms with E-state index in [1.165, 1.54) is 24.8 Å². The second kappa shape index (κ2) is 6.27. The molecule has 3 rings (SSSR count). The van der Waals surface area contributed by atoms with Gasteiger partial charge in [-0.3, -0.25) is 0 Å². The first-order valence-corrected chi connectivity index (χ1v) is 8.26. The lowest BCUT2D eigenvalue weighted by Gasteiger charge is -2.38. The van der Waals surface area contributed by atoms with Crippen LogP contribution in [0.1, 0.15) is 51.1 Å². The third kappa shape index (κ3) is 3.03. The van der Waals surface area contributed by atoms with Gasteiger partial charge in [0, 0.05) is 24.1 Å². The molecule has 116 valence electrons. The van der Waals surface area contributed by atoms with Gasteiger partial charge in [-0.05, 0) is 36.5 Å². The van der Waals surface area contributed by atoms with Crippen molar-refractivity contribution in [2.75, 3.05) is 13.7 Å². The van der Waals surface area contributed by atoms with Crippen molar-refractivity contribution < 1.29 is 9.47 Å². The van der Waals surface area contributed by atoms with Crippen LogP contribution in [0.4, 0.5) is 0 Å². The van der Waals surface area contributed by atoms with Crippen molar-refractivity contribution in [3.05, 3.63) is 23.8 Å². The highest BCUT2D eigenvalue weighted by Gasteiger charge is 2.31. The summed E-state index contributed by atoms with van der Waals surface area (Å²) in [5.74, 6) is 3.49. The predicted octanol–water partition coefficient (Wildman–Crippen LogP) is 3.93. The monoisotopic (exact) mass is 289 g/mol. The number of nitrogens with one attached hydrogen (secondary N) is 1. The Bertz CT molecular complexity index is 488. The van der Waals surface area contributed by atoms with Crippen LogP contribution in [0.25, 0.3) is 0 Å². The van der Waals surface area contributed by atoms with Crippen LogP contribution in [0.2, 0.25) is 0 Å². The van der Waals surface area contributed by atoms with Gasteiger partial charge in [-0.2, -0.15) is 0 Å². The fraction of sp³-hybridized carbons (Fsp3) is 0.667. The number of benzene rings is 1. The lowest BCUT2D eigenvalue weighted by molar-refractivity contribution is 0.173. The van der Waals surface area contributed by atoms with Gasteiger partial charge < -0.3 is 14.8 Å². The summed E-state index contributed by atoms with van der Waals surface area (Å²) in [6.07, 6.45) is 5.05. The summed E-state index contributed by atoms with van der Waals surface area (Å²) in [5, 5.41) is 3.91. The maximum absolute atomic E-state index is 5.79. The Hall–Kier alpha value is -1.22. The second-order valence-electron chi connectivity index (χ2n) is 6.63. The van der Waals surface area contributed by atoms with E-state index in [1.54, 1.807) is 7.11 Å². The molecular formula is C18H27NO2. The SMILES string of the molecule is COc1ccc2c(c1)C(NC1CCCC(C)C1C)CCO2. The van der Waals surface area contributed by atoms with Crippen LogP contribution in [-0.4, -0.2) is 19.8 Å². The minimum atomic E-state index is 0.390. The molecule has 1 aromatic rings.